The van der Waals surface area contributed by atoms with Gasteiger partial charge >= 0.3 is 0 Å². The van der Waals surface area contributed by atoms with E-state index in [0.717, 1.165) is 27.8 Å². The summed E-state index contributed by atoms with van der Waals surface area (Å²) < 4.78 is 1.72. The van der Waals surface area contributed by atoms with Crippen molar-refractivity contribution in [3.05, 3.63) is 54.9 Å². The molecule has 1 aromatic carbocycles. The third-order valence-electron chi connectivity index (χ3n) is 3.48. The Morgan fingerprint density at radius 1 is 1.19 bits per heavy atom. The van der Waals surface area contributed by atoms with E-state index in [0.29, 0.717) is 0 Å². The van der Waals surface area contributed by atoms with Crippen LogP contribution < -0.4 is 0 Å². The van der Waals surface area contributed by atoms with E-state index in [4.69, 9.17) is 4.98 Å². The number of pyridine rings is 1. The highest BCUT2D eigenvalue weighted by molar-refractivity contribution is 5.86. The molecule has 0 aliphatic carbocycles. The molecule has 1 N–H and O–H groups in total. The average molecular weight is 276 g/mol. The summed E-state index contributed by atoms with van der Waals surface area (Å²) in [5, 5.41) is 12.1. The molecule has 0 saturated heterocycles. The van der Waals surface area contributed by atoms with Gasteiger partial charge in [-0.3, -0.25) is 5.10 Å². The molecule has 102 valence electrons. The largest absolute Gasteiger partial charge is 0.285 e. The first-order valence-electron chi connectivity index (χ1n) is 6.57. The van der Waals surface area contributed by atoms with Crippen molar-refractivity contribution in [2.75, 3.05) is 0 Å². The monoisotopic (exact) mass is 276 g/mol. The standard InChI is InChI=1S/C15H12N6/c1-10-4-14(11-6-17-18-7-11)20-15-5-12(2-3-13(10)15)21-9-16-8-19-21/h2-9H,1H3,(H,17,18). The summed E-state index contributed by atoms with van der Waals surface area (Å²) >= 11 is 0. The number of hydrogen-bond acceptors (Lipinski definition) is 4. The number of rotatable bonds is 2. The number of nitrogens with zero attached hydrogens (tertiary/aromatic N) is 5. The Morgan fingerprint density at radius 2 is 2.14 bits per heavy atom. The van der Waals surface area contributed by atoms with E-state index in [-0.39, 0.29) is 0 Å². The second-order valence-corrected chi connectivity index (χ2v) is 4.85. The van der Waals surface area contributed by atoms with Crippen LogP contribution in [0.1, 0.15) is 5.56 Å². The maximum atomic E-state index is 4.73. The van der Waals surface area contributed by atoms with Gasteiger partial charge in [-0.25, -0.2) is 14.6 Å². The van der Waals surface area contributed by atoms with Gasteiger partial charge in [-0.2, -0.15) is 10.2 Å². The minimum Gasteiger partial charge on any atom is -0.285 e. The minimum absolute atomic E-state index is 0.907. The van der Waals surface area contributed by atoms with E-state index < -0.39 is 0 Å². The second kappa shape index (κ2) is 4.52. The van der Waals surface area contributed by atoms with Crippen molar-refractivity contribution in [1.82, 2.24) is 29.9 Å². The quantitative estimate of drug-likeness (QED) is 0.610. The Morgan fingerprint density at radius 3 is 2.90 bits per heavy atom. The Labute approximate surface area is 120 Å². The first-order valence-corrected chi connectivity index (χ1v) is 6.57. The normalized spacial score (nSPS) is 11.1. The summed E-state index contributed by atoms with van der Waals surface area (Å²) in [6, 6.07) is 8.17. The fourth-order valence-electron chi connectivity index (χ4n) is 2.41. The van der Waals surface area contributed by atoms with E-state index in [1.54, 1.807) is 17.2 Å². The predicted octanol–water partition coefficient (Wildman–Crippen LogP) is 2.51. The smallest absolute Gasteiger partial charge is 0.138 e. The first kappa shape index (κ1) is 11.8. The van der Waals surface area contributed by atoms with Gasteiger partial charge in [-0.15, -0.1) is 0 Å². The molecule has 4 aromatic rings. The average Bonchev–Trinajstić information content (AvgIpc) is 3.20. The molecule has 0 unspecified atom stereocenters. The molecule has 6 heteroatoms. The summed E-state index contributed by atoms with van der Waals surface area (Å²) in [4.78, 5) is 8.70. The van der Waals surface area contributed by atoms with Gasteiger partial charge in [0.25, 0.3) is 0 Å². The fraction of sp³-hybridized carbons (Fsp3) is 0.0667. The van der Waals surface area contributed by atoms with E-state index in [1.807, 2.05) is 18.3 Å². The minimum atomic E-state index is 0.907. The van der Waals surface area contributed by atoms with Crippen LogP contribution in [0, 0.1) is 6.92 Å². The molecule has 0 atom stereocenters. The maximum Gasteiger partial charge on any atom is 0.138 e. The molecule has 0 saturated carbocycles. The number of nitrogens with one attached hydrogen (secondary N) is 1. The highest BCUT2D eigenvalue weighted by atomic mass is 15.3. The third kappa shape index (κ3) is 1.97. The molecule has 0 spiro atoms. The van der Waals surface area contributed by atoms with Crippen LogP contribution in [0.2, 0.25) is 0 Å². The molecular formula is C15H12N6. The van der Waals surface area contributed by atoms with Crippen LogP contribution in [-0.2, 0) is 0 Å². The molecule has 0 aliphatic rings. The Bertz CT molecular complexity index is 888. The van der Waals surface area contributed by atoms with E-state index in [9.17, 15) is 0 Å². The molecular weight excluding hydrogens is 264 g/mol. The number of hydrogen-bond donors (Lipinski definition) is 1. The van der Waals surface area contributed by atoms with Crippen LogP contribution >= 0.6 is 0 Å². The van der Waals surface area contributed by atoms with Gasteiger partial charge in [0.1, 0.15) is 12.7 Å². The number of benzene rings is 1. The van der Waals surface area contributed by atoms with Gasteiger partial charge in [0, 0.05) is 17.1 Å². The molecule has 0 fully saturated rings. The SMILES string of the molecule is Cc1cc(-c2cn[nH]c2)nc2cc(-n3cncn3)ccc12. The van der Waals surface area contributed by atoms with Gasteiger partial charge in [0.05, 0.1) is 23.1 Å². The van der Waals surface area contributed by atoms with Crippen LogP contribution in [-0.4, -0.2) is 29.9 Å². The van der Waals surface area contributed by atoms with Gasteiger partial charge in [0.15, 0.2) is 0 Å². The van der Waals surface area contributed by atoms with Crippen LogP contribution in [0.4, 0.5) is 0 Å². The van der Waals surface area contributed by atoms with E-state index in [1.165, 1.54) is 11.9 Å². The number of H-pyrrole nitrogens is 1. The zero-order valence-electron chi connectivity index (χ0n) is 11.4. The summed E-state index contributed by atoms with van der Waals surface area (Å²) in [7, 11) is 0. The van der Waals surface area contributed by atoms with Crippen LogP contribution in [0.5, 0.6) is 0 Å². The predicted molar refractivity (Wildman–Crippen MR) is 79.0 cm³/mol. The Hall–Kier alpha value is -3.02. The first-order chi connectivity index (χ1) is 10.3. The van der Waals surface area contributed by atoms with E-state index >= 15 is 0 Å². The third-order valence-corrected chi connectivity index (χ3v) is 3.48. The Kier molecular flexibility index (Phi) is 2.53. The number of aromatic nitrogens is 6. The van der Waals surface area contributed by atoms with Crippen LogP contribution in [0.25, 0.3) is 27.8 Å². The van der Waals surface area contributed by atoms with E-state index in [2.05, 4.69) is 39.3 Å². The van der Waals surface area contributed by atoms with Crippen molar-refractivity contribution >= 4 is 10.9 Å². The topological polar surface area (TPSA) is 72.3 Å². The van der Waals surface area contributed by atoms with Crippen LogP contribution in [0.15, 0.2) is 49.3 Å². The van der Waals surface area contributed by atoms with Crippen molar-refractivity contribution in [1.29, 1.82) is 0 Å². The summed E-state index contributed by atoms with van der Waals surface area (Å²) in [6.07, 6.45) is 6.81. The molecule has 6 nitrogen and oxygen atoms in total. The van der Waals surface area contributed by atoms with Gasteiger partial charge < -0.3 is 0 Å². The van der Waals surface area contributed by atoms with Crippen molar-refractivity contribution in [2.24, 2.45) is 0 Å². The highest BCUT2D eigenvalue weighted by Crippen LogP contribution is 2.25. The molecule has 4 rings (SSSR count). The lowest BCUT2D eigenvalue weighted by Crippen LogP contribution is -1.95. The summed E-state index contributed by atoms with van der Waals surface area (Å²) in [5.74, 6) is 0. The lowest BCUT2D eigenvalue weighted by Gasteiger charge is -2.07. The summed E-state index contributed by atoms with van der Waals surface area (Å²) in [5.41, 5.74) is 4.94. The number of aromatic amines is 1. The van der Waals surface area contributed by atoms with Gasteiger partial charge in [0.2, 0.25) is 0 Å². The lowest BCUT2D eigenvalue weighted by molar-refractivity contribution is 0.880. The van der Waals surface area contributed by atoms with Gasteiger partial charge in [-0.1, -0.05) is 6.07 Å². The second-order valence-electron chi connectivity index (χ2n) is 4.85. The zero-order valence-corrected chi connectivity index (χ0v) is 11.4. The van der Waals surface area contributed by atoms with Crippen molar-refractivity contribution < 1.29 is 0 Å². The molecule has 0 amide bonds. The van der Waals surface area contributed by atoms with Crippen molar-refractivity contribution in [3.63, 3.8) is 0 Å². The van der Waals surface area contributed by atoms with Crippen molar-refractivity contribution in [3.8, 4) is 16.9 Å². The summed E-state index contributed by atoms with van der Waals surface area (Å²) in [6.45, 7) is 2.09. The van der Waals surface area contributed by atoms with Crippen LogP contribution in [0.3, 0.4) is 0 Å². The fourth-order valence-corrected chi connectivity index (χ4v) is 2.41. The molecule has 3 aromatic heterocycles. The maximum absolute atomic E-state index is 4.73. The number of fused-ring (bicyclic) bond motifs is 1. The molecule has 0 aliphatic heterocycles. The lowest BCUT2D eigenvalue weighted by atomic mass is 10.1. The van der Waals surface area contributed by atoms with Crippen molar-refractivity contribution in [2.45, 2.75) is 6.92 Å². The zero-order chi connectivity index (χ0) is 14.2. The Balaban J connectivity index is 1.93. The molecule has 0 radical (unpaired) electrons. The molecule has 21 heavy (non-hydrogen) atoms. The van der Waals surface area contributed by atoms with Gasteiger partial charge in [-0.05, 0) is 30.7 Å². The molecule has 3 heterocycles. The molecule has 0 bridgehead atoms. The highest BCUT2D eigenvalue weighted by Gasteiger charge is 2.07. The number of aryl methyl sites for hydroxylation is 1.